The predicted octanol–water partition coefficient (Wildman–Crippen LogP) is 3.94. The van der Waals surface area contributed by atoms with Crippen molar-refractivity contribution in [2.45, 2.75) is 13.8 Å². The molecule has 2 aromatic heterocycles. The Morgan fingerprint density at radius 3 is 2.81 bits per heavy atom. The number of pyridine rings is 1. The summed E-state index contributed by atoms with van der Waals surface area (Å²) >= 11 is 0. The van der Waals surface area contributed by atoms with Gasteiger partial charge in [-0.2, -0.15) is 0 Å². The summed E-state index contributed by atoms with van der Waals surface area (Å²) in [5.74, 6) is 0.545. The van der Waals surface area contributed by atoms with Crippen molar-refractivity contribution in [2.75, 3.05) is 0 Å². The number of ether oxygens (including phenoxy) is 1. The minimum atomic E-state index is -1.01. The van der Waals surface area contributed by atoms with Crippen LogP contribution in [0, 0.1) is 13.8 Å². The largest absolute Gasteiger partial charge is 0.478 e. The molecule has 0 spiro atoms. The highest BCUT2D eigenvalue weighted by Crippen LogP contribution is 2.31. The third-order valence-electron chi connectivity index (χ3n) is 3.24. The van der Waals surface area contributed by atoms with E-state index in [1.807, 2.05) is 13.0 Å². The Labute approximate surface area is 120 Å². The molecule has 1 aromatic carbocycles. The van der Waals surface area contributed by atoms with Gasteiger partial charge in [-0.25, -0.2) is 4.79 Å². The van der Waals surface area contributed by atoms with Crippen molar-refractivity contribution < 1.29 is 19.1 Å². The van der Waals surface area contributed by atoms with Crippen molar-refractivity contribution in [1.82, 2.24) is 4.98 Å². The molecule has 0 amide bonds. The number of furan rings is 1. The van der Waals surface area contributed by atoms with E-state index in [1.165, 1.54) is 0 Å². The Balaban J connectivity index is 2.07. The predicted molar refractivity (Wildman–Crippen MR) is 77.0 cm³/mol. The number of carbonyl (C=O) groups is 1. The molecule has 0 saturated heterocycles. The van der Waals surface area contributed by atoms with E-state index < -0.39 is 5.97 Å². The van der Waals surface area contributed by atoms with Crippen molar-refractivity contribution in [2.24, 2.45) is 0 Å². The number of aryl methyl sites for hydroxylation is 2. The van der Waals surface area contributed by atoms with E-state index in [0.29, 0.717) is 28.2 Å². The fraction of sp³-hybridized carbons (Fsp3) is 0.125. The summed E-state index contributed by atoms with van der Waals surface area (Å²) in [4.78, 5) is 15.5. The molecular weight excluding hydrogens is 270 g/mol. The highest BCUT2D eigenvalue weighted by atomic mass is 16.5. The van der Waals surface area contributed by atoms with Gasteiger partial charge in [0.15, 0.2) is 0 Å². The first-order valence-electron chi connectivity index (χ1n) is 6.42. The van der Waals surface area contributed by atoms with Gasteiger partial charge in [-0.3, -0.25) is 4.98 Å². The molecular formula is C16H13NO4. The van der Waals surface area contributed by atoms with Crippen LogP contribution in [-0.2, 0) is 0 Å². The Morgan fingerprint density at radius 1 is 1.29 bits per heavy atom. The zero-order valence-electron chi connectivity index (χ0n) is 11.6. The zero-order valence-corrected chi connectivity index (χ0v) is 11.6. The molecule has 0 atom stereocenters. The molecule has 3 aromatic rings. The lowest BCUT2D eigenvalue weighted by molar-refractivity contribution is 0.0697. The summed E-state index contributed by atoms with van der Waals surface area (Å²) in [7, 11) is 0. The minimum absolute atomic E-state index is 0.165. The summed E-state index contributed by atoms with van der Waals surface area (Å²) in [5.41, 5.74) is 1.46. The standard InChI is InChI=1S/C16H13NO4/c1-9-13(4-3-7-17-9)21-11-5-6-14-12(8-11)15(16(18)19)10(2)20-14/h3-8H,1-2H3,(H,18,19). The first kappa shape index (κ1) is 13.2. The molecule has 3 rings (SSSR count). The summed E-state index contributed by atoms with van der Waals surface area (Å²) in [6.45, 7) is 3.48. The number of nitrogens with zero attached hydrogens (tertiary/aromatic N) is 1. The molecule has 106 valence electrons. The number of aromatic carboxylic acids is 1. The van der Waals surface area contributed by atoms with Crippen LogP contribution in [0.5, 0.6) is 11.5 Å². The van der Waals surface area contributed by atoms with Gasteiger partial charge in [-0.1, -0.05) is 0 Å². The Morgan fingerprint density at radius 2 is 2.10 bits per heavy atom. The molecule has 21 heavy (non-hydrogen) atoms. The fourth-order valence-corrected chi connectivity index (χ4v) is 2.23. The van der Waals surface area contributed by atoms with Crippen molar-refractivity contribution in [1.29, 1.82) is 0 Å². The average molecular weight is 283 g/mol. The molecule has 1 N–H and O–H groups in total. The van der Waals surface area contributed by atoms with E-state index >= 15 is 0 Å². The Bertz CT molecular complexity index is 835. The molecule has 0 radical (unpaired) electrons. The number of carboxylic acid groups (broad SMARTS) is 1. The molecule has 0 saturated carbocycles. The molecule has 0 aliphatic carbocycles. The summed E-state index contributed by atoms with van der Waals surface area (Å²) in [6.07, 6.45) is 1.69. The van der Waals surface area contributed by atoms with Gasteiger partial charge in [0.1, 0.15) is 28.4 Å². The third kappa shape index (κ3) is 2.33. The topological polar surface area (TPSA) is 72.6 Å². The normalized spacial score (nSPS) is 10.8. The molecule has 2 heterocycles. The molecule has 5 nitrogen and oxygen atoms in total. The lowest BCUT2D eigenvalue weighted by atomic mass is 10.1. The first-order valence-corrected chi connectivity index (χ1v) is 6.42. The maximum absolute atomic E-state index is 11.3. The van der Waals surface area contributed by atoms with E-state index in [9.17, 15) is 9.90 Å². The lowest BCUT2D eigenvalue weighted by Gasteiger charge is -2.07. The van der Waals surface area contributed by atoms with Gasteiger partial charge in [0.25, 0.3) is 0 Å². The van der Waals surface area contributed by atoms with E-state index in [0.717, 1.165) is 5.69 Å². The molecule has 0 aliphatic heterocycles. The monoisotopic (exact) mass is 283 g/mol. The Kier molecular flexibility index (Phi) is 3.10. The van der Waals surface area contributed by atoms with Gasteiger partial charge in [-0.15, -0.1) is 0 Å². The number of carboxylic acids is 1. The summed E-state index contributed by atoms with van der Waals surface area (Å²) in [5, 5.41) is 9.79. The molecule has 0 bridgehead atoms. The van der Waals surface area contributed by atoms with Gasteiger partial charge in [0.05, 0.1) is 5.69 Å². The fourth-order valence-electron chi connectivity index (χ4n) is 2.23. The van der Waals surface area contributed by atoms with E-state index in [2.05, 4.69) is 4.98 Å². The number of benzene rings is 1. The van der Waals surface area contributed by atoms with Crippen LogP contribution >= 0.6 is 0 Å². The van der Waals surface area contributed by atoms with Crippen molar-refractivity contribution >= 4 is 16.9 Å². The van der Waals surface area contributed by atoms with Gasteiger partial charge in [0.2, 0.25) is 0 Å². The first-order chi connectivity index (χ1) is 10.1. The van der Waals surface area contributed by atoms with E-state index in [4.69, 9.17) is 9.15 Å². The van der Waals surface area contributed by atoms with Crippen molar-refractivity contribution in [3.8, 4) is 11.5 Å². The van der Waals surface area contributed by atoms with Crippen LogP contribution in [0.25, 0.3) is 11.0 Å². The van der Waals surface area contributed by atoms with Crippen LogP contribution in [0.15, 0.2) is 40.9 Å². The number of hydrogen-bond acceptors (Lipinski definition) is 4. The van der Waals surface area contributed by atoms with Crippen LogP contribution in [0.2, 0.25) is 0 Å². The van der Waals surface area contributed by atoms with Crippen LogP contribution in [0.4, 0.5) is 0 Å². The number of fused-ring (bicyclic) bond motifs is 1. The van der Waals surface area contributed by atoms with Crippen molar-refractivity contribution in [3.63, 3.8) is 0 Å². The zero-order chi connectivity index (χ0) is 15.0. The quantitative estimate of drug-likeness (QED) is 0.788. The molecule has 0 unspecified atom stereocenters. The van der Waals surface area contributed by atoms with Crippen LogP contribution in [-0.4, -0.2) is 16.1 Å². The van der Waals surface area contributed by atoms with Crippen molar-refractivity contribution in [3.05, 3.63) is 53.5 Å². The van der Waals surface area contributed by atoms with Gasteiger partial charge >= 0.3 is 5.97 Å². The maximum atomic E-state index is 11.3. The van der Waals surface area contributed by atoms with Gasteiger partial charge in [-0.05, 0) is 44.2 Å². The average Bonchev–Trinajstić information content (AvgIpc) is 2.76. The second-order valence-corrected chi connectivity index (χ2v) is 4.69. The number of aromatic nitrogens is 1. The van der Waals surface area contributed by atoms with Crippen LogP contribution in [0.3, 0.4) is 0 Å². The molecule has 0 fully saturated rings. The van der Waals surface area contributed by atoms with Crippen LogP contribution in [0.1, 0.15) is 21.8 Å². The van der Waals surface area contributed by atoms with Gasteiger partial charge in [0, 0.05) is 11.6 Å². The number of hydrogen-bond donors (Lipinski definition) is 1. The SMILES string of the molecule is Cc1ncccc1Oc1ccc2oc(C)c(C(=O)O)c2c1. The summed E-state index contributed by atoms with van der Waals surface area (Å²) in [6, 6.07) is 8.71. The highest BCUT2D eigenvalue weighted by Gasteiger charge is 2.18. The molecule has 5 heteroatoms. The van der Waals surface area contributed by atoms with E-state index in [1.54, 1.807) is 37.4 Å². The Hall–Kier alpha value is -2.82. The molecule has 0 aliphatic rings. The lowest BCUT2D eigenvalue weighted by Crippen LogP contribution is -1.96. The second kappa shape index (κ2) is 4.94. The smallest absolute Gasteiger partial charge is 0.339 e. The third-order valence-corrected chi connectivity index (χ3v) is 3.24. The maximum Gasteiger partial charge on any atom is 0.339 e. The summed E-state index contributed by atoms with van der Waals surface area (Å²) < 4.78 is 11.2. The van der Waals surface area contributed by atoms with Crippen LogP contribution < -0.4 is 4.74 Å². The number of rotatable bonds is 3. The second-order valence-electron chi connectivity index (χ2n) is 4.69. The highest BCUT2D eigenvalue weighted by molar-refractivity contribution is 6.03. The van der Waals surface area contributed by atoms with E-state index in [-0.39, 0.29) is 5.56 Å². The van der Waals surface area contributed by atoms with Gasteiger partial charge < -0.3 is 14.3 Å². The minimum Gasteiger partial charge on any atom is -0.478 e.